The average Bonchev–Trinajstić information content (AvgIpc) is 2.97. The Morgan fingerprint density at radius 3 is 2.64 bits per heavy atom. The smallest absolute Gasteiger partial charge is 0.410 e. The molecule has 1 saturated heterocycles. The van der Waals surface area contributed by atoms with E-state index in [0.717, 1.165) is 38.2 Å². The molecule has 0 bridgehead atoms. The number of piperidine rings is 1. The summed E-state index contributed by atoms with van der Waals surface area (Å²) < 4.78 is 11.3. The fourth-order valence-corrected chi connectivity index (χ4v) is 2.58. The summed E-state index contributed by atoms with van der Waals surface area (Å²) in [5.74, 6) is 0.510. The van der Waals surface area contributed by atoms with Crippen LogP contribution in [0.1, 0.15) is 52.3 Å². The van der Waals surface area contributed by atoms with Crippen molar-refractivity contribution in [1.82, 2.24) is 9.88 Å². The average molecular weight is 308 g/mol. The largest absolute Gasteiger partial charge is 0.444 e. The Hall–Kier alpha value is -1.49. The number of carbonyl (C=O) groups is 1. The van der Waals surface area contributed by atoms with Gasteiger partial charge >= 0.3 is 6.09 Å². The van der Waals surface area contributed by atoms with Crippen LogP contribution in [0.4, 0.5) is 4.79 Å². The minimum absolute atomic E-state index is 0.0823. The molecule has 1 aliphatic heterocycles. The second kappa shape index (κ2) is 7.18. The van der Waals surface area contributed by atoms with Gasteiger partial charge in [0.05, 0.1) is 12.7 Å². The van der Waals surface area contributed by atoms with E-state index in [2.05, 4.69) is 11.9 Å². The number of likely N-dealkylation sites (tertiary alicyclic amines) is 1. The lowest BCUT2D eigenvalue weighted by molar-refractivity contribution is 0.000694. The van der Waals surface area contributed by atoms with E-state index in [0.29, 0.717) is 5.92 Å². The van der Waals surface area contributed by atoms with Crippen molar-refractivity contribution in [2.24, 2.45) is 5.92 Å². The lowest BCUT2D eigenvalue weighted by atomic mass is 9.98. The Kier molecular flexibility index (Phi) is 5.51. The fraction of sp³-hybridized carbons (Fsp3) is 0.706. The van der Waals surface area contributed by atoms with Crippen LogP contribution in [-0.2, 0) is 9.47 Å². The molecule has 1 N–H and O–H groups in total. The van der Waals surface area contributed by atoms with Crippen molar-refractivity contribution in [2.75, 3.05) is 19.7 Å². The number of H-pyrrole nitrogens is 1. The quantitative estimate of drug-likeness (QED) is 0.922. The monoisotopic (exact) mass is 308 g/mol. The van der Waals surface area contributed by atoms with E-state index in [1.165, 1.54) is 0 Å². The van der Waals surface area contributed by atoms with Crippen LogP contribution >= 0.6 is 0 Å². The second-order valence-electron chi connectivity index (χ2n) is 7.01. The number of nitrogens with zero attached hydrogens (tertiary/aromatic N) is 1. The fourth-order valence-electron chi connectivity index (χ4n) is 2.58. The number of aromatic nitrogens is 1. The molecule has 1 aliphatic rings. The molecule has 5 nitrogen and oxygen atoms in total. The maximum absolute atomic E-state index is 12.0. The van der Waals surface area contributed by atoms with Crippen LogP contribution in [0, 0.1) is 5.92 Å². The van der Waals surface area contributed by atoms with Gasteiger partial charge in [-0.1, -0.05) is 0 Å². The Labute approximate surface area is 133 Å². The van der Waals surface area contributed by atoms with Crippen LogP contribution in [0.25, 0.3) is 0 Å². The molecule has 0 aliphatic carbocycles. The van der Waals surface area contributed by atoms with Gasteiger partial charge in [0.2, 0.25) is 0 Å². The molecule has 1 aromatic heterocycles. The third-order valence-electron chi connectivity index (χ3n) is 3.91. The van der Waals surface area contributed by atoms with Crippen LogP contribution in [0.3, 0.4) is 0 Å². The predicted octanol–water partition coefficient (Wildman–Crippen LogP) is 3.74. The van der Waals surface area contributed by atoms with Gasteiger partial charge < -0.3 is 19.4 Å². The minimum Gasteiger partial charge on any atom is -0.444 e. The summed E-state index contributed by atoms with van der Waals surface area (Å²) in [6.07, 6.45) is 3.73. The Balaban J connectivity index is 1.70. The number of nitrogens with one attached hydrogen (secondary N) is 1. The minimum atomic E-state index is -0.428. The molecule has 0 radical (unpaired) electrons. The van der Waals surface area contributed by atoms with E-state index in [1.54, 1.807) is 4.90 Å². The standard InChI is InChI=1S/C17H28N2O3/c1-13(15-6-5-9-18-15)21-12-14-7-10-19(11-8-14)16(20)22-17(2,3)4/h5-6,9,13-14,18H,7-8,10-12H2,1-4H3/t13-/m0/s1. The normalized spacial score (nSPS) is 18.3. The highest BCUT2D eigenvalue weighted by molar-refractivity contribution is 5.68. The van der Waals surface area contributed by atoms with Crippen molar-refractivity contribution < 1.29 is 14.3 Å². The molecule has 1 fully saturated rings. The van der Waals surface area contributed by atoms with E-state index in [1.807, 2.05) is 39.1 Å². The summed E-state index contributed by atoms with van der Waals surface area (Å²) >= 11 is 0. The molecule has 0 spiro atoms. The first kappa shape index (κ1) is 16.9. The SMILES string of the molecule is C[C@H](OCC1CCN(C(=O)OC(C)(C)C)CC1)c1ccc[nH]1. The number of amides is 1. The maximum Gasteiger partial charge on any atom is 0.410 e. The molecule has 124 valence electrons. The van der Waals surface area contributed by atoms with E-state index < -0.39 is 5.60 Å². The van der Waals surface area contributed by atoms with Crippen molar-refractivity contribution in [3.63, 3.8) is 0 Å². The molecule has 1 atom stereocenters. The topological polar surface area (TPSA) is 54.6 Å². The molecule has 22 heavy (non-hydrogen) atoms. The van der Waals surface area contributed by atoms with Crippen LogP contribution in [0.15, 0.2) is 18.3 Å². The first-order valence-corrected chi connectivity index (χ1v) is 8.08. The maximum atomic E-state index is 12.0. The Bertz CT molecular complexity index is 457. The van der Waals surface area contributed by atoms with Gasteiger partial charge in [-0.15, -0.1) is 0 Å². The predicted molar refractivity (Wildman–Crippen MR) is 85.7 cm³/mol. The van der Waals surface area contributed by atoms with Gasteiger partial charge in [0.1, 0.15) is 5.60 Å². The zero-order valence-corrected chi connectivity index (χ0v) is 14.1. The molecular formula is C17H28N2O3. The summed E-state index contributed by atoms with van der Waals surface area (Å²) in [5.41, 5.74) is 0.675. The van der Waals surface area contributed by atoms with E-state index in [9.17, 15) is 4.79 Å². The Morgan fingerprint density at radius 2 is 2.09 bits per heavy atom. The zero-order valence-electron chi connectivity index (χ0n) is 14.1. The van der Waals surface area contributed by atoms with Gasteiger partial charge in [-0.3, -0.25) is 0 Å². The molecule has 2 heterocycles. The molecule has 0 unspecified atom stereocenters. The lowest BCUT2D eigenvalue weighted by Crippen LogP contribution is -2.42. The number of rotatable bonds is 4. The van der Waals surface area contributed by atoms with Crippen molar-refractivity contribution in [3.8, 4) is 0 Å². The lowest BCUT2D eigenvalue weighted by Gasteiger charge is -2.33. The van der Waals surface area contributed by atoms with Crippen LogP contribution in [0.5, 0.6) is 0 Å². The number of hydrogen-bond donors (Lipinski definition) is 1. The van der Waals surface area contributed by atoms with Gasteiger partial charge in [-0.25, -0.2) is 4.79 Å². The highest BCUT2D eigenvalue weighted by atomic mass is 16.6. The highest BCUT2D eigenvalue weighted by Gasteiger charge is 2.27. The van der Waals surface area contributed by atoms with Crippen LogP contribution in [0.2, 0.25) is 0 Å². The molecular weight excluding hydrogens is 280 g/mol. The van der Waals surface area contributed by atoms with Crippen molar-refractivity contribution in [2.45, 2.75) is 52.2 Å². The first-order valence-electron chi connectivity index (χ1n) is 8.08. The van der Waals surface area contributed by atoms with E-state index in [-0.39, 0.29) is 12.2 Å². The molecule has 1 aromatic rings. The number of carbonyl (C=O) groups excluding carboxylic acids is 1. The molecule has 1 amide bonds. The van der Waals surface area contributed by atoms with Gasteiger partial charge in [0.15, 0.2) is 0 Å². The number of ether oxygens (including phenoxy) is 2. The third-order valence-corrected chi connectivity index (χ3v) is 3.91. The summed E-state index contributed by atoms with van der Waals surface area (Å²) in [6, 6.07) is 4.02. The highest BCUT2D eigenvalue weighted by Crippen LogP contribution is 2.22. The molecule has 0 aromatic carbocycles. The second-order valence-corrected chi connectivity index (χ2v) is 7.01. The zero-order chi connectivity index (χ0) is 16.2. The number of aromatic amines is 1. The summed E-state index contributed by atoms with van der Waals surface area (Å²) in [6.45, 7) is 9.98. The molecule has 0 saturated carbocycles. The summed E-state index contributed by atoms with van der Waals surface area (Å²) in [5, 5.41) is 0. The van der Waals surface area contributed by atoms with Crippen molar-refractivity contribution in [3.05, 3.63) is 24.0 Å². The number of hydrogen-bond acceptors (Lipinski definition) is 3. The van der Waals surface area contributed by atoms with Gasteiger partial charge in [-0.2, -0.15) is 0 Å². The van der Waals surface area contributed by atoms with Crippen LogP contribution < -0.4 is 0 Å². The summed E-state index contributed by atoms with van der Waals surface area (Å²) in [7, 11) is 0. The van der Waals surface area contributed by atoms with E-state index >= 15 is 0 Å². The Morgan fingerprint density at radius 1 is 1.41 bits per heavy atom. The first-order chi connectivity index (χ1) is 10.3. The van der Waals surface area contributed by atoms with E-state index in [4.69, 9.17) is 9.47 Å². The van der Waals surface area contributed by atoms with Crippen LogP contribution in [-0.4, -0.2) is 41.3 Å². The van der Waals surface area contributed by atoms with Gasteiger partial charge in [0, 0.05) is 25.0 Å². The summed E-state index contributed by atoms with van der Waals surface area (Å²) in [4.78, 5) is 17.0. The van der Waals surface area contributed by atoms with Crippen molar-refractivity contribution in [1.29, 1.82) is 0 Å². The molecule has 5 heteroatoms. The van der Waals surface area contributed by atoms with Gasteiger partial charge in [-0.05, 0) is 58.6 Å². The van der Waals surface area contributed by atoms with Gasteiger partial charge in [0.25, 0.3) is 0 Å². The third kappa shape index (κ3) is 5.05. The van der Waals surface area contributed by atoms with Crippen molar-refractivity contribution >= 4 is 6.09 Å². The molecule has 2 rings (SSSR count).